The third-order valence-corrected chi connectivity index (χ3v) is 4.75. The molecule has 0 aromatic heterocycles. The number of ketones is 1. The van der Waals surface area contributed by atoms with Gasteiger partial charge in [0.25, 0.3) is 0 Å². The van der Waals surface area contributed by atoms with E-state index in [1.807, 2.05) is 0 Å². The molecule has 6 heteroatoms. The van der Waals surface area contributed by atoms with Crippen molar-refractivity contribution in [3.05, 3.63) is 23.8 Å². The van der Waals surface area contributed by atoms with Crippen LogP contribution in [0.3, 0.4) is 0 Å². The van der Waals surface area contributed by atoms with Gasteiger partial charge < -0.3 is 20.5 Å². The minimum Gasteiger partial charge on any atom is -0.454 e. The highest BCUT2D eigenvalue weighted by Gasteiger charge is 2.25. The van der Waals surface area contributed by atoms with E-state index in [9.17, 15) is 9.59 Å². The zero-order valence-corrected chi connectivity index (χ0v) is 13.8. The van der Waals surface area contributed by atoms with E-state index >= 15 is 0 Å². The average Bonchev–Trinajstić information content (AvgIpc) is 3.04. The number of hydrogen-bond acceptors (Lipinski definition) is 5. The first-order valence-electron chi connectivity index (χ1n) is 8.58. The summed E-state index contributed by atoms with van der Waals surface area (Å²) in [5.74, 6) is 1.89. The van der Waals surface area contributed by atoms with E-state index in [0.717, 1.165) is 25.7 Å². The lowest BCUT2D eigenvalue weighted by atomic mass is 9.82. The number of ether oxygens (including phenoxy) is 2. The summed E-state index contributed by atoms with van der Waals surface area (Å²) in [5.41, 5.74) is 6.06. The summed E-state index contributed by atoms with van der Waals surface area (Å²) in [6.45, 7) is 0.595. The third-order valence-electron chi connectivity index (χ3n) is 4.75. The van der Waals surface area contributed by atoms with E-state index in [0.29, 0.717) is 42.4 Å². The zero-order chi connectivity index (χ0) is 16.9. The second kappa shape index (κ2) is 7.66. The maximum Gasteiger partial charge on any atom is 0.231 e. The largest absolute Gasteiger partial charge is 0.454 e. The lowest BCUT2D eigenvalue weighted by molar-refractivity contribution is -0.121. The Labute approximate surface area is 141 Å². The number of nitrogens with one attached hydrogen (secondary N) is 1. The topological polar surface area (TPSA) is 90.7 Å². The van der Waals surface area contributed by atoms with Gasteiger partial charge in [-0.2, -0.15) is 0 Å². The van der Waals surface area contributed by atoms with Gasteiger partial charge >= 0.3 is 0 Å². The Morgan fingerprint density at radius 2 is 1.88 bits per heavy atom. The molecular weight excluding hydrogens is 308 g/mol. The smallest absolute Gasteiger partial charge is 0.231 e. The van der Waals surface area contributed by atoms with Crippen LogP contribution in [0.2, 0.25) is 0 Å². The number of rotatable bonds is 6. The summed E-state index contributed by atoms with van der Waals surface area (Å²) >= 11 is 0. The molecule has 3 rings (SSSR count). The van der Waals surface area contributed by atoms with Crippen LogP contribution < -0.4 is 20.5 Å². The molecule has 1 amide bonds. The maximum absolute atomic E-state index is 12.5. The summed E-state index contributed by atoms with van der Waals surface area (Å²) in [5, 5.41) is 3.02. The van der Waals surface area contributed by atoms with Crippen molar-refractivity contribution in [2.24, 2.45) is 11.7 Å². The average molecular weight is 332 g/mol. The van der Waals surface area contributed by atoms with Crippen LogP contribution in [0.4, 0.5) is 0 Å². The van der Waals surface area contributed by atoms with Crippen molar-refractivity contribution in [3.8, 4) is 11.5 Å². The summed E-state index contributed by atoms with van der Waals surface area (Å²) in [6.07, 6.45) is 4.70. The molecule has 1 aliphatic heterocycles. The van der Waals surface area contributed by atoms with E-state index in [1.165, 1.54) is 0 Å². The monoisotopic (exact) mass is 332 g/mol. The number of carbonyl (C=O) groups is 2. The highest BCUT2D eigenvalue weighted by atomic mass is 16.7. The second-order valence-electron chi connectivity index (χ2n) is 6.52. The van der Waals surface area contributed by atoms with E-state index < -0.39 is 0 Å². The first kappa shape index (κ1) is 16.8. The van der Waals surface area contributed by atoms with Crippen molar-refractivity contribution < 1.29 is 19.1 Å². The fourth-order valence-corrected chi connectivity index (χ4v) is 3.39. The van der Waals surface area contributed by atoms with E-state index in [4.69, 9.17) is 15.2 Å². The molecule has 1 aromatic carbocycles. The van der Waals surface area contributed by atoms with Gasteiger partial charge in [-0.25, -0.2) is 0 Å². The lowest BCUT2D eigenvalue weighted by Crippen LogP contribution is -2.38. The number of benzene rings is 1. The number of hydrogen-bond donors (Lipinski definition) is 2. The molecule has 0 saturated heterocycles. The molecule has 0 spiro atoms. The van der Waals surface area contributed by atoms with Crippen LogP contribution in [0.25, 0.3) is 0 Å². The minimum atomic E-state index is 0.0254. The standard InChI is InChI=1S/C18H24N2O4/c19-8-7-18(22)20-14-4-1-12(2-5-14)9-15(21)13-3-6-16-17(10-13)24-11-23-16/h3,6,10,12,14H,1-2,4-5,7-9,11,19H2,(H,20,22). The molecule has 1 aliphatic carbocycles. The molecule has 6 nitrogen and oxygen atoms in total. The Morgan fingerprint density at radius 1 is 1.12 bits per heavy atom. The fourth-order valence-electron chi connectivity index (χ4n) is 3.39. The van der Waals surface area contributed by atoms with Crippen LogP contribution in [0.5, 0.6) is 11.5 Å². The number of Topliss-reactive ketones (excluding diaryl/α,β-unsaturated/α-hetero) is 1. The van der Waals surface area contributed by atoms with Crippen LogP contribution >= 0.6 is 0 Å². The van der Waals surface area contributed by atoms with Crippen LogP contribution in [0, 0.1) is 5.92 Å². The predicted molar refractivity (Wildman–Crippen MR) is 89.1 cm³/mol. The highest BCUT2D eigenvalue weighted by Crippen LogP contribution is 2.34. The van der Waals surface area contributed by atoms with Crippen molar-refractivity contribution in [1.29, 1.82) is 0 Å². The predicted octanol–water partition coefficient (Wildman–Crippen LogP) is 2.01. The lowest BCUT2D eigenvalue weighted by Gasteiger charge is -2.28. The number of nitrogens with two attached hydrogens (primary N) is 1. The molecule has 2 aliphatic rings. The summed E-state index contributed by atoms with van der Waals surface area (Å²) in [6, 6.07) is 5.58. The van der Waals surface area contributed by atoms with Gasteiger partial charge in [-0.3, -0.25) is 9.59 Å². The molecule has 0 bridgehead atoms. The van der Waals surface area contributed by atoms with Gasteiger partial charge in [0.15, 0.2) is 17.3 Å². The molecule has 24 heavy (non-hydrogen) atoms. The Balaban J connectivity index is 1.47. The normalized spacial score (nSPS) is 22.2. The van der Waals surface area contributed by atoms with Crippen LogP contribution in [0.1, 0.15) is 48.9 Å². The van der Waals surface area contributed by atoms with Gasteiger partial charge in [-0.05, 0) is 49.8 Å². The molecule has 1 saturated carbocycles. The van der Waals surface area contributed by atoms with E-state index in [-0.39, 0.29) is 24.5 Å². The third kappa shape index (κ3) is 4.06. The van der Waals surface area contributed by atoms with Gasteiger partial charge in [-0.15, -0.1) is 0 Å². The maximum atomic E-state index is 12.5. The van der Waals surface area contributed by atoms with E-state index in [2.05, 4.69) is 5.32 Å². The van der Waals surface area contributed by atoms with Crippen molar-refractivity contribution in [3.63, 3.8) is 0 Å². The number of amides is 1. The molecule has 3 N–H and O–H groups in total. The van der Waals surface area contributed by atoms with Crippen LogP contribution in [0.15, 0.2) is 18.2 Å². The van der Waals surface area contributed by atoms with Gasteiger partial charge in [-0.1, -0.05) is 0 Å². The number of carbonyl (C=O) groups excluding carboxylic acids is 2. The molecule has 1 fully saturated rings. The Morgan fingerprint density at radius 3 is 2.62 bits per heavy atom. The quantitative estimate of drug-likeness (QED) is 0.778. The number of fused-ring (bicyclic) bond motifs is 1. The molecule has 0 radical (unpaired) electrons. The van der Waals surface area contributed by atoms with Gasteiger partial charge in [0.05, 0.1) is 0 Å². The van der Waals surface area contributed by atoms with Gasteiger partial charge in [0.2, 0.25) is 12.7 Å². The SMILES string of the molecule is NCCC(=O)NC1CCC(CC(=O)c2ccc3c(c2)OCO3)CC1. The van der Waals surface area contributed by atoms with Crippen LogP contribution in [-0.2, 0) is 4.79 Å². The Hall–Kier alpha value is -2.08. The Bertz CT molecular complexity index is 609. The molecule has 0 unspecified atom stereocenters. The molecule has 130 valence electrons. The van der Waals surface area contributed by atoms with Gasteiger partial charge in [0, 0.05) is 31.0 Å². The fraction of sp³-hybridized carbons (Fsp3) is 0.556. The highest BCUT2D eigenvalue weighted by molar-refractivity contribution is 5.96. The first-order valence-corrected chi connectivity index (χ1v) is 8.58. The summed E-state index contributed by atoms with van der Waals surface area (Å²) in [4.78, 5) is 24.1. The second-order valence-corrected chi connectivity index (χ2v) is 6.52. The van der Waals surface area contributed by atoms with Crippen molar-refractivity contribution in [1.82, 2.24) is 5.32 Å². The molecule has 1 aromatic rings. The Kier molecular flexibility index (Phi) is 5.35. The van der Waals surface area contributed by atoms with E-state index in [1.54, 1.807) is 18.2 Å². The van der Waals surface area contributed by atoms with Crippen molar-refractivity contribution >= 4 is 11.7 Å². The van der Waals surface area contributed by atoms with Crippen molar-refractivity contribution in [2.75, 3.05) is 13.3 Å². The summed E-state index contributed by atoms with van der Waals surface area (Å²) < 4.78 is 10.6. The minimum absolute atomic E-state index is 0.0254. The molecule has 1 heterocycles. The van der Waals surface area contributed by atoms with Crippen LogP contribution in [-0.4, -0.2) is 31.1 Å². The van der Waals surface area contributed by atoms with Gasteiger partial charge in [0.1, 0.15) is 0 Å². The van der Waals surface area contributed by atoms with Crippen molar-refractivity contribution in [2.45, 2.75) is 44.6 Å². The molecule has 0 atom stereocenters. The first-order chi connectivity index (χ1) is 11.7. The summed E-state index contributed by atoms with van der Waals surface area (Å²) in [7, 11) is 0. The molecular formula is C18H24N2O4. The zero-order valence-electron chi connectivity index (χ0n) is 13.8.